The maximum Gasteiger partial charge on any atom is 0.259 e. The quantitative estimate of drug-likeness (QED) is 0.568. The number of phenolic OH excluding ortho intramolecular Hbond substituents is 1. The number of phenols is 1. The molecule has 1 aliphatic heterocycles. The van der Waals surface area contributed by atoms with Crippen LogP contribution in [0.3, 0.4) is 0 Å². The van der Waals surface area contributed by atoms with Gasteiger partial charge in [0, 0.05) is 6.08 Å². The number of nitrogens with one attached hydrogen (secondary N) is 1. The number of aliphatic hydroxyl groups excluding tert-OH is 2. The van der Waals surface area contributed by atoms with Gasteiger partial charge in [0.05, 0.1) is 22.9 Å². The molecule has 0 bridgehead atoms. The van der Waals surface area contributed by atoms with Gasteiger partial charge < -0.3 is 25.4 Å². The van der Waals surface area contributed by atoms with Gasteiger partial charge in [-0.1, -0.05) is 17.7 Å². The van der Waals surface area contributed by atoms with Crippen LogP contribution in [0, 0.1) is 0 Å². The molecule has 1 heterocycles. The van der Waals surface area contributed by atoms with Crippen LogP contribution < -0.4 is 5.32 Å². The second kappa shape index (κ2) is 5.06. The number of fused-ring (bicyclic) bond motifs is 1. The third kappa shape index (κ3) is 2.10. The van der Waals surface area contributed by atoms with Gasteiger partial charge in [-0.25, -0.2) is 0 Å². The van der Waals surface area contributed by atoms with Crippen LogP contribution in [0.25, 0.3) is 0 Å². The Morgan fingerprint density at radius 2 is 2.18 bits per heavy atom. The van der Waals surface area contributed by atoms with Crippen LogP contribution in [-0.2, 0) is 9.53 Å². The lowest BCUT2D eigenvalue weighted by atomic mass is 9.89. The summed E-state index contributed by atoms with van der Waals surface area (Å²) in [7, 11) is 0. The predicted octanol–water partition coefficient (Wildman–Crippen LogP) is -0.267. The number of amides is 1. The first-order chi connectivity index (χ1) is 10.4. The molecule has 0 unspecified atom stereocenters. The number of para-hydroxylation sites is 1. The molecular formula is C14H12ClNO6. The molecule has 1 saturated heterocycles. The topological polar surface area (TPSA) is 119 Å². The van der Waals surface area contributed by atoms with Gasteiger partial charge in [0.1, 0.15) is 18.0 Å². The van der Waals surface area contributed by atoms with Crippen LogP contribution in [0.4, 0.5) is 0 Å². The summed E-state index contributed by atoms with van der Waals surface area (Å²) in [5.74, 6) is -1.66. The van der Waals surface area contributed by atoms with Crippen LogP contribution in [0.2, 0.25) is 5.02 Å². The number of aliphatic hydroxyl groups is 2. The zero-order valence-corrected chi connectivity index (χ0v) is 11.9. The zero-order chi connectivity index (χ0) is 16.1. The predicted molar refractivity (Wildman–Crippen MR) is 74.4 cm³/mol. The lowest BCUT2D eigenvalue weighted by Gasteiger charge is -2.20. The molecule has 3 rings (SSSR count). The van der Waals surface area contributed by atoms with Gasteiger partial charge in [0.15, 0.2) is 11.4 Å². The molecule has 1 aromatic rings. The first-order valence-electron chi connectivity index (χ1n) is 6.42. The number of aromatic hydroxyl groups is 1. The van der Waals surface area contributed by atoms with E-state index in [-0.39, 0.29) is 16.3 Å². The number of rotatable bonds is 3. The number of hydrogen-bond donors (Lipinski definition) is 4. The molecule has 3 atom stereocenters. The third-order valence-corrected chi connectivity index (χ3v) is 4.08. The Hall–Kier alpha value is -1.93. The molecule has 8 heteroatoms. The van der Waals surface area contributed by atoms with E-state index in [0.29, 0.717) is 0 Å². The van der Waals surface area contributed by atoms with Crippen LogP contribution >= 0.6 is 11.6 Å². The van der Waals surface area contributed by atoms with E-state index in [1.807, 2.05) is 0 Å². The number of hydrogen-bond acceptors (Lipinski definition) is 6. The number of carbonyl (C=O) groups is 2. The molecule has 1 aromatic carbocycles. The molecule has 0 aromatic heterocycles. The Morgan fingerprint density at radius 3 is 2.86 bits per heavy atom. The normalized spacial score (nSPS) is 29.6. The van der Waals surface area contributed by atoms with Crippen molar-refractivity contribution >= 4 is 23.3 Å². The van der Waals surface area contributed by atoms with Crippen molar-refractivity contribution in [3.63, 3.8) is 0 Å². The average Bonchev–Trinajstić information content (AvgIpc) is 3.24. The molecule has 7 nitrogen and oxygen atoms in total. The highest BCUT2D eigenvalue weighted by atomic mass is 35.5. The fraction of sp³-hybridized carbons (Fsp3) is 0.286. The van der Waals surface area contributed by atoms with Crippen molar-refractivity contribution in [2.45, 2.75) is 17.8 Å². The minimum Gasteiger partial charge on any atom is -0.506 e. The van der Waals surface area contributed by atoms with E-state index in [4.69, 9.17) is 16.3 Å². The summed E-state index contributed by atoms with van der Waals surface area (Å²) in [6, 6.07) is 4.24. The van der Waals surface area contributed by atoms with Crippen LogP contribution in [-0.4, -0.2) is 51.4 Å². The molecule has 1 fully saturated rings. The molecule has 2 aliphatic rings. The maximum atomic E-state index is 12.1. The van der Waals surface area contributed by atoms with Gasteiger partial charge in [-0.2, -0.15) is 0 Å². The number of ketones is 1. The zero-order valence-electron chi connectivity index (χ0n) is 11.1. The number of halogens is 1. The van der Waals surface area contributed by atoms with Gasteiger partial charge in [-0.15, -0.1) is 0 Å². The van der Waals surface area contributed by atoms with Gasteiger partial charge in [-0.05, 0) is 12.1 Å². The van der Waals surface area contributed by atoms with Gasteiger partial charge in [-0.3, -0.25) is 9.59 Å². The summed E-state index contributed by atoms with van der Waals surface area (Å²) in [4.78, 5) is 24.0. The van der Waals surface area contributed by atoms with Crippen LogP contribution in [0.5, 0.6) is 5.75 Å². The molecule has 0 spiro atoms. The molecule has 1 aliphatic carbocycles. The Kier molecular flexibility index (Phi) is 3.45. The van der Waals surface area contributed by atoms with E-state index in [1.165, 1.54) is 18.2 Å². The molecule has 1 amide bonds. The van der Waals surface area contributed by atoms with Crippen molar-refractivity contribution in [3.8, 4) is 5.75 Å². The molecule has 22 heavy (non-hydrogen) atoms. The van der Waals surface area contributed by atoms with E-state index < -0.39 is 41.9 Å². The Morgan fingerprint density at radius 1 is 1.45 bits per heavy atom. The lowest BCUT2D eigenvalue weighted by Crippen LogP contribution is -2.44. The second-order valence-corrected chi connectivity index (χ2v) is 5.49. The maximum absolute atomic E-state index is 12.1. The van der Waals surface area contributed by atoms with Crippen LogP contribution in [0.1, 0.15) is 10.4 Å². The highest BCUT2D eigenvalue weighted by molar-refractivity contribution is 6.32. The Bertz CT molecular complexity index is 703. The number of benzene rings is 1. The van der Waals surface area contributed by atoms with Crippen molar-refractivity contribution in [3.05, 3.63) is 40.6 Å². The minimum absolute atomic E-state index is 0.00622. The summed E-state index contributed by atoms with van der Waals surface area (Å²) in [6.07, 6.45) is -1.13. The summed E-state index contributed by atoms with van der Waals surface area (Å²) in [6.45, 7) is -0.541. The third-order valence-electron chi connectivity index (χ3n) is 3.77. The Labute approximate surface area is 129 Å². The van der Waals surface area contributed by atoms with E-state index in [1.54, 1.807) is 0 Å². The van der Waals surface area contributed by atoms with Gasteiger partial charge in [0.25, 0.3) is 5.91 Å². The minimum atomic E-state index is -1.40. The van der Waals surface area contributed by atoms with Crippen molar-refractivity contribution in [2.75, 3.05) is 6.61 Å². The van der Waals surface area contributed by atoms with Crippen molar-refractivity contribution < 1.29 is 29.6 Å². The number of ether oxygens (including phenoxy) is 1. The summed E-state index contributed by atoms with van der Waals surface area (Å²) in [5, 5.41) is 31.3. The lowest BCUT2D eigenvalue weighted by molar-refractivity contribution is -0.121. The SMILES string of the molecule is O=C(NC1=CC(=O)[C@]2(CO)O[C@@H]2[C@H]1O)c1cccc(Cl)c1O. The molecule has 4 N–H and O–H groups in total. The highest BCUT2D eigenvalue weighted by Crippen LogP contribution is 2.44. The van der Waals surface area contributed by atoms with Crippen molar-refractivity contribution in [1.29, 1.82) is 0 Å². The van der Waals surface area contributed by atoms with E-state index in [0.717, 1.165) is 6.08 Å². The second-order valence-electron chi connectivity index (χ2n) is 5.08. The smallest absolute Gasteiger partial charge is 0.259 e. The number of epoxide rings is 1. The largest absolute Gasteiger partial charge is 0.506 e. The summed E-state index contributed by atoms with van der Waals surface area (Å²) < 4.78 is 5.08. The highest BCUT2D eigenvalue weighted by Gasteiger charge is 2.67. The van der Waals surface area contributed by atoms with E-state index >= 15 is 0 Å². The molecule has 0 radical (unpaired) electrons. The monoisotopic (exact) mass is 325 g/mol. The van der Waals surface area contributed by atoms with Crippen molar-refractivity contribution in [2.24, 2.45) is 0 Å². The van der Waals surface area contributed by atoms with E-state index in [2.05, 4.69) is 5.32 Å². The van der Waals surface area contributed by atoms with E-state index in [9.17, 15) is 24.9 Å². The fourth-order valence-electron chi connectivity index (χ4n) is 2.43. The molecule has 116 valence electrons. The standard InChI is InChI=1S/C14H12ClNO6/c15-7-3-1-2-6(10(7)19)13(21)16-8-4-9(18)14(5-17)12(22-14)11(8)20/h1-4,11-12,17,19-20H,5H2,(H,16,21)/t11-,12+,14-/m0/s1. The summed E-state index contributed by atoms with van der Waals surface area (Å²) >= 11 is 5.72. The summed E-state index contributed by atoms with van der Waals surface area (Å²) in [5.41, 5.74) is -1.55. The first-order valence-corrected chi connectivity index (χ1v) is 6.80. The van der Waals surface area contributed by atoms with Gasteiger partial charge >= 0.3 is 0 Å². The van der Waals surface area contributed by atoms with Crippen molar-refractivity contribution in [1.82, 2.24) is 5.32 Å². The fourth-order valence-corrected chi connectivity index (χ4v) is 2.61. The number of carbonyl (C=O) groups excluding carboxylic acids is 2. The molecule has 0 saturated carbocycles. The molecular weight excluding hydrogens is 314 g/mol. The first kappa shape index (κ1) is 15.0. The van der Waals surface area contributed by atoms with Crippen LogP contribution in [0.15, 0.2) is 30.0 Å². The van der Waals surface area contributed by atoms with Gasteiger partial charge in [0.2, 0.25) is 0 Å². The Balaban J connectivity index is 1.83. The average molecular weight is 326 g/mol.